The molecular formula is C26H20O9. The summed E-state index contributed by atoms with van der Waals surface area (Å²) in [6, 6.07) is 10.2. The second-order valence-corrected chi connectivity index (χ2v) is 8.14. The number of benzene rings is 2. The van der Waals surface area contributed by atoms with Crippen LogP contribution in [0.25, 0.3) is 12.2 Å². The van der Waals surface area contributed by atoms with Crippen LogP contribution in [0.2, 0.25) is 0 Å². The van der Waals surface area contributed by atoms with Crippen molar-refractivity contribution in [2.45, 2.75) is 18.6 Å². The average molecular weight is 476 g/mol. The van der Waals surface area contributed by atoms with Crippen LogP contribution in [0.1, 0.15) is 35.5 Å². The number of ether oxygens (including phenoxy) is 3. The highest BCUT2D eigenvalue weighted by atomic mass is 16.6. The fraction of sp³-hybridized carbons (Fsp3) is 0.154. The third-order valence-corrected chi connectivity index (χ3v) is 5.89. The lowest BCUT2D eigenvalue weighted by Gasteiger charge is -2.28. The zero-order valence-electron chi connectivity index (χ0n) is 18.6. The van der Waals surface area contributed by atoms with Crippen LogP contribution < -0.4 is 15.1 Å². The Hall–Kier alpha value is -4.66. The molecule has 0 fully saturated rings. The molecule has 1 aromatic heterocycles. The Morgan fingerprint density at radius 3 is 2.43 bits per heavy atom. The third kappa shape index (κ3) is 3.48. The van der Waals surface area contributed by atoms with Gasteiger partial charge in [0.25, 0.3) is 0 Å². The second kappa shape index (κ2) is 7.98. The number of carbonyl (C=O) groups excluding carboxylic acids is 1. The first-order valence-electron chi connectivity index (χ1n) is 10.6. The molecule has 0 aliphatic carbocycles. The van der Waals surface area contributed by atoms with Crippen molar-refractivity contribution in [3.05, 3.63) is 87.2 Å². The molecule has 9 heteroatoms. The summed E-state index contributed by atoms with van der Waals surface area (Å²) in [6.45, 7) is 1.58. The minimum atomic E-state index is -1.82. The Bertz CT molecular complexity index is 1480. The van der Waals surface area contributed by atoms with E-state index < -0.39 is 28.9 Å². The van der Waals surface area contributed by atoms with Crippen LogP contribution in [0.5, 0.6) is 28.7 Å². The van der Waals surface area contributed by atoms with Gasteiger partial charge in [0, 0.05) is 17.7 Å². The number of phenols is 3. The molecule has 2 atom stereocenters. The number of hydrogen-bond donors (Lipinski definition) is 3. The SMILES string of the molecule is COc1cc(/C=C/c2cc3c(c(=O)o2)C2(OC(C)=CC2=O)C(c2ccc(O)c(O)c2)O3)ccc1O. The van der Waals surface area contributed by atoms with E-state index in [1.807, 2.05) is 0 Å². The second-order valence-electron chi connectivity index (χ2n) is 8.14. The van der Waals surface area contributed by atoms with Gasteiger partial charge in [-0.2, -0.15) is 0 Å². The molecular weight excluding hydrogens is 456 g/mol. The van der Waals surface area contributed by atoms with Gasteiger partial charge in [-0.1, -0.05) is 18.2 Å². The predicted octanol–water partition coefficient (Wildman–Crippen LogP) is 3.77. The van der Waals surface area contributed by atoms with E-state index in [-0.39, 0.29) is 34.3 Å². The van der Waals surface area contributed by atoms with Gasteiger partial charge in [0.2, 0.25) is 11.4 Å². The van der Waals surface area contributed by atoms with Gasteiger partial charge in [-0.05, 0) is 42.8 Å². The maximum atomic E-state index is 13.1. The molecule has 0 amide bonds. The van der Waals surface area contributed by atoms with Gasteiger partial charge in [0.15, 0.2) is 29.1 Å². The van der Waals surface area contributed by atoms with Crippen LogP contribution >= 0.6 is 0 Å². The number of hydrogen-bond acceptors (Lipinski definition) is 9. The monoisotopic (exact) mass is 476 g/mol. The molecule has 0 saturated carbocycles. The Morgan fingerprint density at radius 2 is 1.74 bits per heavy atom. The Balaban J connectivity index is 1.58. The van der Waals surface area contributed by atoms with Gasteiger partial charge in [0.1, 0.15) is 17.1 Å². The highest BCUT2D eigenvalue weighted by molar-refractivity contribution is 6.02. The maximum absolute atomic E-state index is 13.1. The van der Waals surface area contributed by atoms with E-state index in [1.54, 1.807) is 25.1 Å². The van der Waals surface area contributed by atoms with Crippen molar-refractivity contribution in [3.8, 4) is 28.7 Å². The summed E-state index contributed by atoms with van der Waals surface area (Å²) in [7, 11) is 1.43. The molecule has 0 bridgehead atoms. The number of phenolic OH excluding ortho intramolecular Hbond substituents is 3. The fourth-order valence-electron chi connectivity index (χ4n) is 4.31. The highest BCUT2D eigenvalue weighted by Crippen LogP contribution is 2.54. The lowest BCUT2D eigenvalue weighted by atomic mass is 9.84. The zero-order chi connectivity index (χ0) is 24.9. The number of methoxy groups -OCH3 is 1. The first-order valence-corrected chi connectivity index (χ1v) is 10.6. The summed E-state index contributed by atoms with van der Waals surface area (Å²) in [5.41, 5.74) is -1.73. The van der Waals surface area contributed by atoms with E-state index >= 15 is 0 Å². The molecule has 2 aliphatic heterocycles. The van der Waals surface area contributed by atoms with Gasteiger partial charge in [0.05, 0.1) is 12.9 Å². The summed E-state index contributed by atoms with van der Waals surface area (Å²) in [5, 5.41) is 29.5. The van der Waals surface area contributed by atoms with Gasteiger partial charge >= 0.3 is 5.63 Å². The van der Waals surface area contributed by atoms with Crippen LogP contribution in [-0.4, -0.2) is 28.2 Å². The van der Waals surface area contributed by atoms with Crippen LogP contribution in [0, 0.1) is 0 Å². The van der Waals surface area contributed by atoms with E-state index in [0.29, 0.717) is 16.9 Å². The molecule has 9 nitrogen and oxygen atoms in total. The molecule has 2 aromatic carbocycles. The molecule has 178 valence electrons. The van der Waals surface area contributed by atoms with Crippen molar-refractivity contribution in [2.24, 2.45) is 0 Å². The normalized spacial score (nSPS) is 20.6. The molecule has 2 aliphatic rings. The van der Waals surface area contributed by atoms with E-state index in [1.165, 1.54) is 49.6 Å². The minimum absolute atomic E-state index is 0.0103. The molecule has 1 spiro atoms. The number of aromatic hydroxyl groups is 3. The largest absolute Gasteiger partial charge is 0.504 e. The number of fused-ring (bicyclic) bond motifs is 2. The number of ketones is 1. The Kier molecular flexibility index (Phi) is 5.05. The van der Waals surface area contributed by atoms with E-state index in [0.717, 1.165) is 0 Å². The van der Waals surface area contributed by atoms with Crippen LogP contribution in [0.3, 0.4) is 0 Å². The number of carbonyl (C=O) groups is 1. The van der Waals surface area contributed by atoms with Gasteiger partial charge < -0.3 is 33.9 Å². The number of rotatable bonds is 4. The Labute approximate surface area is 198 Å². The van der Waals surface area contributed by atoms with Gasteiger partial charge in [-0.25, -0.2) is 4.79 Å². The number of allylic oxidation sites excluding steroid dienone is 1. The molecule has 3 aromatic rings. The topological polar surface area (TPSA) is 136 Å². The summed E-state index contributed by atoms with van der Waals surface area (Å²) < 4.78 is 22.5. The molecule has 3 N–H and O–H groups in total. The standard InChI is InChI=1S/C26H20O9/c1-13-9-22(30)26(35-13)23-21(34-24(26)15-5-8-17(27)19(29)11-15)12-16(33-25(23)31)6-3-14-4-7-18(28)20(10-14)32-2/h3-12,24,27-29H,1-2H3/b6-3+. The molecule has 3 heterocycles. The molecule has 2 unspecified atom stereocenters. The predicted molar refractivity (Wildman–Crippen MR) is 123 cm³/mol. The molecule has 0 saturated heterocycles. The lowest BCUT2D eigenvalue weighted by Crippen LogP contribution is -2.41. The maximum Gasteiger partial charge on any atom is 0.347 e. The molecule has 0 radical (unpaired) electrons. The lowest BCUT2D eigenvalue weighted by molar-refractivity contribution is -0.139. The summed E-state index contributed by atoms with van der Waals surface area (Å²) in [6.07, 6.45) is 3.34. The highest BCUT2D eigenvalue weighted by Gasteiger charge is 2.61. The van der Waals surface area contributed by atoms with Gasteiger partial charge in [-0.3, -0.25) is 4.79 Å². The summed E-state index contributed by atoms with van der Waals surface area (Å²) in [4.78, 5) is 26.2. The van der Waals surface area contributed by atoms with Crippen LogP contribution in [0.4, 0.5) is 0 Å². The third-order valence-electron chi connectivity index (χ3n) is 5.89. The molecule has 35 heavy (non-hydrogen) atoms. The first kappa shape index (κ1) is 22.1. The van der Waals surface area contributed by atoms with Crippen LogP contribution in [-0.2, 0) is 15.1 Å². The van der Waals surface area contributed by atoms with Crippen molar-refractivity contribution in [2.75, 3.05) is 7.11 Å². The summed E-state index contributed by atoms with van der Waals surface area (Å²) >= 11 is 0. The fourth-order valence-corrected chi connectivity index (χ4v) is 4.31. The zero-order valence-corrected chi connectivity index (χ0v) is 18.6. The van der Waals surface area contributed by atoms with E-state index in [2.05, 4.69) is 0 Å². The van der Waals surface area contributed by atoms with Crippen molar-refractivity contribution < 1.29 is 38.7 Å². The van der Waals surface area contributed by atoms with E-state index in [4.69, 9.17) is 18.6 Å². The van der Waals surface area contributed by atoms with Crippen molar-refractivity contribution >= 4 is 17.9 Å². The first-order chi connectivity index (χ1) is 16.7. The molecule has 5 rings (SSSR count). The van der Waals surface area contributed by atoms with Crippen LogP contribution in [0.15, 0.2) is 63.5 Å². The quantitative estimate of drug-likeness (QED) is 0.481. The smallest absolute Gasteiger partial charge is 0.347 e. The van der Waals surface area contributed by atoms with Crippen molar-refractivity contribution in [3.63, 3.8) is 0 Å². The summed E-state index contributed by atoms with van der Waals surface area (Å²) in [5.74, 6) is -0.437. The Morgan fingerprint density at radius 1 is 0.971 bits per heavy atom. The average Bonchev–Trinajstić information content (AvgIpc) is 3.31. The van der Waals surface area contributed by atoms with Gasteiger partial charge in [-0.15, -0.1) is 0 Å². The van der Waals surface area contributed by atoms with E-state index in [9.17, 15) is 24.9 Å². The van der Waals surface area contributed by atoms with Crippen molar-refractivity contribution in [1.29, 1.82) is 0 Å². The minimum Gasteiger partial charge on any atom is -0.504 e. The van der Waals surface area contributed by atoms with Crippen molar-refractivity contribution in [1.82, 2.24) is 0 Å².